The van der Waals surface area contributed by atoms with E-state index in [0.717, 1.165) is 4.90 Å². The summed E-state index contributed by atoms with van der Waals surface area (Å²) in [7, 11) is 0. The third kappa shape index (κ3) is 1.43. The fourth-order valence-electron chi connectivity index (χ4n) is 3.16. The minimum Gasteiger partial charge on any atom is -0.431 e. The van der Waals surface area contributed by atoms with E-state index in [-0.39, 0.29) is 17.7 Å². The summed E-state index contributed by atoms with van der Waals surface area (Å²) in [6.45, 7) is 0.904. The highest BCUT2D eigenvalue weighted by Crippen LogP contribution is 2.60. The number of benzene rings is 1. The van der Waals surface area contributed by atoms with Crippen LogP contribution in [0.15, 0.2) is 18.2 Å². The Morgan fingerprint density at radius 1 is 1.10 bits per heavy atom. The lowest BCUT2D eigenvalue weighted by atomic mass is 10.2. The maximum Gasteiger partial charge on any atom is 0.422 e. The SMILES string of the molecule is O=C1OC2(C(=O)N1c1cc(Cl)cc(Cl)c1)C1COCC12. The molecule has 104 valence electrons. The van der Waals surface area contributed by atoms with Crippen LogP contribution in [0.4, 0.5) is 10.5 Å². The van der Waals surface area contributed by atoms with Gasteiger partial charge in [-0.25, -0.2) is 9.69 Å². The summed E-state index contributed by atoms with van der Waals surface area (Å²) in [6.07, 6.45) is -0.678. The van der Waals surface area contributed by atoms with E-state index in [1.807, 2.05) is 0 Å². The second-order valence-corrected chi connectivity index (χ2v) is 6.05. The van der Waals surface area contributed by atoms with Crippen LogP contribution in [-0.2, 0) is 14.3 Å². The van der Waals surface area contributed by atoms with Gasteiger partial charge in [0, 0.05) is 21.9 Å². The second kappa shape index (κ2) is 3.87. The summed E-state index contributed by atoms with van der Waals surface area (Å²) in [5, 5.41) is 0.710. The van der Waals surface area contributed by atoms with Gasteiger partial charge in [-0.1, -0.05) is 23.2 Å². The van der Waals surface area contributed by atoms with Gasteiger partial charge >= 0.3 is 6.09 Å². The molecule has 1 aromatic rings. The van der Waals surface area contributed by atoms with Crippen molar-refractivity contribution in [2.75, 3.05) is 18.1 Å². The van der Waals surface area contributed by atoms with Crippen molar-refractivity contribution in [3.63, 3.8) is 0 Å². The van der Waals surface area contributed by atoms with Gasteiger partial charge < -0.3 is 9.47 Å². The summed E-state index contributed by atoms with van der Waals surface area (Å²) in [5.74, 6) is -0.406. The van der Waals surface area contributed by atoms with E-state index in [1.54, 1.807) is 0 Å². The molecule has 0 radical (unpaired) electrons. The molecule has 5 nitrogen and oxygen atoms in total. The number of anilines is 1. The van der Waals surface area contributed by atoms with E-state index in [0.29, 0.717) is 28.9 Å². The highest BCUT2D eigenvalue weighted by molar-refractivity contribution is 6.35. The maximum absolute atomic E-state index is 12.6. The number of hydrogen-bond acceptors (Lipinski definition) is 4. The second-order valence-electron chi connectivity index (χ2n) is 5.18. The Kier molecular flexibility index (Phi) is 2.41. The number of carbonyl (C=O) groups excluding carboxylic acids is 2. The number of carbonyl (C=O) groups is 2. The van der Waals surface area contributed by atoms with Crippen LogP contribution in [-0.4, -0.2) is 30.8 Å². The molecule has 4 rings (SSSR count). The van der Waals surface area contributed by atoms with Crippen LogP contribution in [0.1, 0.15) is 0 Å². The lowest BCUT2D eigenvalue weighted by molar-refractivity contribution is -0.126. The summed E-state index contributed by atoms with van der Waals surface area (Å²) in [5.41, 5.74) is -0.690. The smallest absolute Gasteiger partial charge is 0.422 e. The first-order chi connectivity index (χ1) is 9.54. The van der Waals surface area contributed by atoms with Crippen molar-refractivity contribution in [3.8, 4) is 0 Å². The van der Waals surface area contributed by atoms with Crippen LogP contribution in [0.2, 0.25) is 10.0 Å². The van der Waals surface area contributed by atoms with Gasteiger partial charge in [0.05, 0.1) is 18.9 Å². The Hall–Kier alpha value is -1.30. The molecule has 20 heavy (non-hydrogen) atoms. The molecule has 2 aliphatic heterocycles. The Labute approximate surface area is 124 Å². The number of halogens is 2. The Balaban J connectivity index is 1.73. The van der Waals surface area contributed by atoms with Crippen LogP contribution in [0, 0.1) is 11.8 Å². The third-order valence-electron chi connectivity index (χ3n) is 4.15. The van der Waals surface area contributed by atoms with Gasteiger partial charge in [0.1, 0.15) is 0 Å². The summed E-state index contributed by atoms with van der Waals surface area (Å²) < 4.78 is 10.6. The van der Waals surface area contributed by atoms with Crippen LogP contribution in [0.25, 0.3) is 0 Å². The highest BCUT2D eigenvalue weighted by atomic mass is 35.5. The van der Waals surface area contributed by atoms with E-state index in [9.17, 15) is 9.59 Å². The Bertz CT molecular complexity index is 617. The van der Waals surface area contributed by atoms with Crippen LogP contribution < -0.4 is 4.90 Å². The lowest BCUT2D eigenvalue weighted by Gasteiger charge is -2.13. The molecule has 2 atom stereocenters. The van der Waals surface area contributed by atoms with Gasteiger partial charge in [0.25, 0.3) is 5.91 Å². The van der Waals surface area contributed by atoms with Gasteiger partial charge in [0.15, 0.2) is 0 Å². The molecule has 2 heterocycles. The maximum atomic E-state index is 12.6. The number of amides is 2. The van der Waals surface area contributed by atoms with E-state index in [1.165, 1.54) is 18.2 Å². The quantitative estimate of drug-likeness (QED) is 0.799. The van der Waals surface area contributed by atoms with Gasteiger partial charge in [-0.3, -0.25) is 4.79 Å². The van der Waals surface area contributed by atoms with E-state index >= 15 is 0 Å². The molecule has 2 amide bonds. The van der Waals surface area contributed by atoms with E-state index < -0.39 is 11.7 Å². The van der Waals surface area contributed by atoms with Gasteiger partial charge in [-0.2, -0.15) is 0 Å². The Morgan fingerprint density at radius 3 is 2.30 bits per heavy atom. The van der Waals surface area contributed by atoms with Crippen molar-refractivity contribution < 1.29 is 19.1 Å². The predicted molar refractivity (Wildman–Crippen MR) is 71.0 cm³/mol. The molecule has 0 aromatic heterocycles. The number of imide groups is 1. The van der Waals surface area contributed by atoms with Crippen molar-refractivity contribution in [3.05, 3.63) is 28.2 Å². The zero-order valence-electron chi connectivity index (χ0n) is 10.1. The van der Waals surface area contributed by atoms with Crippen molar-refractivity contribution in [2.24, 2.45) is 11.8 Å². The largest absolute Gasteiger partial charge is 0.431 e. The van der Waals surface area contributed by atoms with Crippen LogP contribution >= 0.6 is 23.2 Å². The fraction of sp³-hybridized carbons (Fsp3) is 0.385. The minimum absolute atomic E-state index is 0.0291. The molecule has 1 spiro atoms. The summed E-state index contributed by atoms with van der Waals surface area (Å²) in [6, 6.07) is 4.56. The third-order valence-corrected chi connectivity index (χ3v) is 4.59. The molecule has 1 saturated carbocycles. The van der Waals surface area contributed by atoms with Gasteiger partial charge in [-0.15, -0.1) is 0 Å². The molecule has 1 aliphatic carbocycles. The number of fused-ring (bicyclic) bond motifs is 3. The van der Waals surface area contributed by atoms with Gasteiger partial charge in [0.2, 0.25) is 5.60 Å². The zero-order valence-corrected chi connectivity index (χ0v) is 11.6. The van der Waals surface area contributed by atoms with Crippen molar-refractivity contribution in [2.45, 2.75) is 5.60 Å². The molecule has 3 aliphatic rings. The minimum atomic E-state index is -1.02. The molecule has 0 N–H and O–H groups in total. The topological polar surface area (TPSA) is 55.8 Å². The van der Waals surface area contributed by atoms with Crippen LogP contribution in [0.5, 0.6) is 0 Å². The van der Waals surface area contributed by atoms with E-state index in [2.05, 4.69) is 0 Å². The zero-order chi connectivity index (χ0) is 14.1. The molecule has 7 heteroatoms. The first kappa shape index (κ1) is 12.4. The number of ether oxygens (including phenoxy) is 2. The predicted octanol–water partition coefficient (Wildman–Crippen LogP) is 2.49. The van der Waals surface area contributed by atoms with Crippen molar-refractivity contribution in [1.82, 2.24) is 0 Å². The number of rotatable bonds is 1. The molecule has 2 unspecified atom stereocenters. The first-order valence-electron chi connectivity index (χ1n) is 6.15. The monoisotopic (exact) mass is 313 g/mol. The molecule has 0 bridgehead atoms. The number of nitrogens with zero attached hydrogens (tertiary/aromatic N) is 1. The fourth-order valence-corrected chi connectivity index (χ4v) is 3.68. The average Bonchev–Trinajstić information content (AvgIpc) is 2.72. The summed E-state index contributed by atoms with van der Waals surface area (Å²) in [4.78, 5) is 25.6. The molecule has 3 fully saturated rings. The normalized spacial score (nSPS) is 34.6. The highest BCUT2D eigenvalue weighted by Gasteiger charge is 2.79. The van der Waals surface area contributed by atoms with Crippen LogP contribution in [0.3, 0.4) is 0 Å². The lowest BCUT2D eigenvalue weighted by Crippen LogP contribution is -2.35. The summed E-state index contributed by atoms with van der Waals surface area (Å²) >= 11 is 11.8. The molecule has 2 saturated heterocycles. The molecule has 1 aromatic carbocycles. The van der Waals surface area contributed by atoms with Crippen molar-refractivity contribution >= 4 is 40.9 Å². The number of hydrogen-bond donors (Lipinski definition) is 0. The standard InChI is InChI=1S/C13H9Cl2NO4/c14-6-1-7(15)3-8(2-6)16-11(17)13(20-12(16)18)9-4-19-5-10(9)13/h1-3,9-10H,4-5H2. The van der Waals surface area contributed by atoms with Gasteiger partial charge in [-0.05, 0) is 18.2 Å². The Morgan fingerprint density at radius 2 is 1.70 bits per heavy atom. The molecular weight excluding hydrogens is 305 g/mol. The van der Waals surface area contributed by atoms with E-state index in [4.69, 9.17) is 32.7 Å². The van der Waals surface area contributed by atoms with Crippen molar-refractivity contribution in [1.29, 1.82) is 0 Å². The first-order valence-corrected chi connectivity index (χ1v) is 6.91. The molecular formula is C13H9Cl2NO4. The average molecular weight is 314 g/mol.